The van der Waals surface area contributed by atoms with E-state index in [2.05, 4.69) is 27.6 Å². The molecule has 1 saturated carbocycles. The van der Waals surface area contributed by atoms with Crippen molar-refractivity contribution in [1.82, 2.24) is 29.7 Å². The van der Waals surface area contributed by atoms with Crippen LogP contribution in [0, 0.1) is 12.8 Å². The first-order chi connectivity index (χ1) is 16.7. The highest BCUT2D eigenvalue weighted by Gasteiger charge is 2.30. The number of fused-ring (bicyclic) bond motifs is 1. The zero-order valence-electron chi connectivity index (χ0n) is 21.4. The van der Waals surface area contributed by atoms with Crippen LogP contribution in [0.2, 0.25) is 0 Å². The van der Waals surface area contributed by atoms with E-state index < -0.39 is 11.5 Å². The van der Waals surface area contributed by atoms with Crippen LogP contribution in [0.3, 0.4) is 0 Å². The second kappa shape index (κ2) is 11.5. The van der Waals surface area contributed by atoms with Crippen molar-refractivity contribution in [3.63, 3.8) is 0 Å². The standard InChI is InChI=1S/C25H38N6O4/c1-6-29(14-17(4)26-15-32)12-8-7-9-20-18(5)28-31-23(20)30(13-16(2)3)24(34)21(25(31)35)22(33)27-19-10-11-19/h7,9,15-17,19,34H,6,8,10-14H2,1-5H3,(H,26,32)(H,27,33)/b9-7+. The van der Waals surface area contributed by atoms with Crippen molar-refractivity contribution in [2.45, 2.75) is 72.5 Å². The highest BCUT2D eigenvalue weighted by molar-refractivity contribution is 5.96. The van der Waals surface area contributed by atoms with Crippen LogP contribution in [0.4, 0.5) is 0 Å². The summed E-state index contributed by atoms with van der Waals surface area (Å²) >= 11 is 0. The van der Waals surface area contributed by atoms with Gasteiger partial charge >= 0.3 is 0 Å². The fourth-order valence-corrected chi connectivity index (χ4v) is 4.18. The van der Waals surface area contributed by atoms with Crippen molar-refractivity contribution in [1.29, 1.82) is 0 Å². The van der Waals surface area contributed by atoms with Crippen LogP contribution in [0.1, 0.15) is 68.6 Å². The van der Waals surface area contributed by atoms with Crippen molar-refractivity contribution in [2.75, 3.05) is 19.6 Å². The predicted molar refractivity (Wildman–Crippen MR) is 136 cm³/mol. The van der Waals surface area contributed by atoms with E-state index in [9.17, 15) is 19.5 Å². The van der Waals surface area contributed by atoms with E-state index in [4.69, 9.17) is 0 Å². The largest absolute Gasteiger partial charge is 0.494 e. The molecule has 3 rings (SSSR count). The summed E-state index contributed by atoms with van der Waals surface area (Å²) in [6.45, 7) is 12.7. The number of hydrogen-bond donors (Lipinski definition) is 3. The van der Waals surface area contributed by atoms with Crippen LogP contribution in [-0.2, 0) is 11.3 Å². The van der Waals surface area contributed by atoms with Gasteiger partial charge in [0.15, 0.2) is 5.56 Å². The lowest BCUT2D eigenvalue weighted by molar-refractivity contribution is -0.110. The molecular weight excluding hydrogens is 448 g/mol. The number of aryl methyl sites for hydroxylation is 1. The minimum absolute atomic E-state index is 0.0632. The summed E-state index contributed by atoms with van der Waals surface area (Å²) in [7, 11) is 0. The van der Waals surface area contributed by atoms with Gasteiger partial charge in [-0.2, -0.15) is 9.61 Å². The Bertz CT molecular complexity index is 1150. The number of amides is 2. The maximum absolute atomic E-state index is 13.2. The normalized spacial score (nSPS) is 14.8. The molecule has 0 spiro atoms. The molecule has 2 heterocycles. The molecule has 3 N–H and O–H groups in total. The Morgan fingerprint density at radius 3 is 2.63 bits per heavy atom. The topological polar surface area (TPSA) is 121 Å². The number of nitrogens with one attached hydrogen (secondary N) is 2. The van der Waals surface area contributed by atoms with Crippen molar-refractivity contribution >= 4 is 24.0 Å². The summed E-state index contributed by atoms with van der Waals surface area (Å²) in [5.74, 6) is -0.714. The summed E-state index contributed by atoms with van der Waals surface area (Å²) in [5.41, 5.74) is 0.985. The molecule has 10 nitrogen and oxygen atoms in total. The van der Waals surface area contributed by atoms with E-state index >= 15 is 0 Å². The Morgan fingerprint density at radius 1 is 1.31 bits per heavy atom. The highest BCUT2D eigenvalue weighted by Crippen LogP contribution is 2.26. The van der Waals surface area contributed by atoms with E-state index in [-0.39, 0.29) is 29.4 Å². The van der Waals surface area contributed by atoms with Crippen LogP contribution in [0.25, 0.3) is 11.7 Å². The monoisotopic (exact) mass is 486 g/mol. The molecule has 1 unspecified atom stereocenters. The van der Waals surface area contributed by atoms with Gasteiger partial charge in [-0.1, -0.05) is 32.9 Å². The molecule has 2 aromatic heterocycles. The van der Waals surface area contributed by atoms with Crippen molar-refractivity contribution in [3.8, 4) is 5.88 Å². The molecule has 1 aliphatic rings. The van der Waals surface area contributed by atoms with Crippen LogP contribution in [-0.4, -0.2) is 68.2 Å². The van der Waals surface area contributed by atoms with Gasteiger partial charge in [-0.25, -0.2) is 0 Å². The second-order valence-corrected chi connectivity index (χ2v) is 9.76. The second-order valence-electron chi connectivity index (χ2n) is 9.76. The van der Waals surface area contributed by atoms with Gasteiger partial charge in [-0.15, -0.1) is 0 Å². The molecule has 2 aromatic rings. The number of rotatable bonds is 13. The molecule has 0 saturated heterocycles. The third-order valence-electron chi connectivity index (χ3n) is 6.14. The van der Waals surface area contributed by atoms with Gasteiger partial charge in [0, 0.05) is 37.3 Å². The summed E-state index contributed by atoms with van der Waals surface area (Å²) in [5, 5.41) is 21.1. The molecule has 10 heteroatoms. The SMILES string of the molecule is CCN(CC/C=C/c1c(C)nn2c(=O)c(C(=O)NC3CC3)c(O)n(CC(C)C)c12)CC(C)NC=O. The van der Waals surface area contributed by atoms with Gasteiger partial charge in [0.05, 0.1) is 5.69 Å². The quantitative estimate of drug-likeness (QED) is 0.372. The maximum atomic E-state index is 13.2. The number of carbonyl (C=O) groups excluding carboxylic acids is 2. The average Bonchev–Trinajstić information content (AvgIpc) is 3.54. The molecule has 1 fully saturated rings. The van der Waals surface area contributed by atoms with Gasteiger partial charge in [0.25, 0.3) is 11.5 Å². The zero-order chi connectivity index (χ0) is 25.7. The Kier molecular flexibility index (Phi) is 8.71. The molecule has 0 aliphatic heterocycles. The lowest BCUT2D eigenvalue weighted by Crippen LogP contribution is -2.38. The van der Waals surface area contributed by atoms with Crippen LogP contribution in [0.5, 0.6) is 5.88 Å². The van der Waals surface area contributed by atoms with Crippen molar-refractivity contribution in [3.05, 3.63) is 33.3 Å². The summed E-state index contributed by atoms with van der Waals surface area (Å²) in [6.07, 6.45) is 7.21. The zero-order valence-corrected chi connectivity index (χ0v) is 21.4. The number of carbonyl (C=O) groups is 2. The molecule has 2 amide bonds. The van der Waals surface area contributed by atoms with Gasteiger partial charge in [-0.05, 0) is 45.6 Å². The summed E-state index contributed by atoms with van der Waals surface area (Å²) in [6, 6.07) is 0.131. The molecule has 35 heavy (non-hydrogen) atoms. The molecule has 1 atom stereocenters. The van der Waals surface area contributed by atoms with E-state index in [0.717, 1.165) is 50.9 Å². The van der Waals surface area contributed by atoms with Gasteiger partial charge in [0.2, 0.25) is 12.3 Å². The molecular formula is C25H38N6O4. The Labute approximate surface area is 206 Å². The third kappa shape index (κ3) is 6.30. The predicted octanol–water partition coefficient (Wildman–Crippen LogP) is 1.92. The molecule has 0 bridgehead atoms. The van der Waals surface area contributed by atoms with Crippen LogP contribution in [0.15, 0.2) is 10.9 Å². The fourth-order valence-electron chi connectivity index (χ4n) is 4.18. The van der Waals surface area contributed by atoms with Crippen molar-refractivity contribution < 1.29 is 14.7 Å². The first-order valence-electron chi connectivity index (χ1n) is 12.4. The van der Waals surface area contributed by atoms with E-state index in [1.54, 1.807) is 4.57 Å². The van der Waals surface area contributed by atoms with E-state index in [1.807, 2.05) is 39.8 Å². The maximum Gasteiger partial charge on any atom is 0.291 e. The number of nitrogens with zero attached hydrogens (tertiary/aromatic N) is 4. The van der Waals surface area contributed by atoms with E-state index in [1.165, 1.54) is 4.52 Å². The Hall–Kier alpha value is -3.14. The minimum Gasteiger partial charge on any atom is -0.494 e. The number of aromatic hydroxyl groups is 1. The highest BCUT2D eigenvalue weighted by atomic mass is 16.3. The Morgan fingerprint density at radius 2 is 2.03 bits per heavy atom. The average molecular weight is 487 g/mol. The Balaban J connectivity index is 1.93. The first-order valence-corrected chi connectivity index (χ1v) is 12.4. The molecule has 0 radical (unpaired) electrons. The van der Waals surface area contributed by atoms with Crippen molar-refractivity contribution in [2.24, 2.45) is 5.92 Å². The van der Waals surface area contributed by atoms with E-state index in [0.29, 0.717) is 17.9 Å². The fraction of sp³-hybridized carbons (Fsp3) is 0.600. The van der Waals surface area contributed by atoms with Gasteiger partial charge in [-0.3, -0.25) is 19.0 Å². The smallest absolute Gasteiger partial charge is 0.291 e. The number of likely N-dealkylation sites (N-methyl/N-ethyl adjacent to an activating group) is 1. The van der Waals surface area contributed by atoms with Crippen LogP contribution < -0.4 is 16.2 Å². The molecule has 0 aromatic carbocycles. The first kappa shape index (κ1) is 26.5. The van der Waals surface area contributed by atoms with Gasteiger partial charge < -0.3 is 20.6 Å². The third-order valence-corrected chi connectivity index (χ3v) is 6.14. The minimum atomic E-state index is -0.618. The lowest BCUT2D eigenvalue weighted by atomic mass is 10.1. The molecule has 1 aliphatic carbocycles. The molecule has 192 valence electrons. The van der Waals surface area contributed by atoms with Gasteiger partial charge in [0.1, 0.15) is 5.65 Å². The number of hydrogen-bond acceptors (Lipinski definition) is 6. The lowest BCUT2D eigenvalue weighted by Gasteiger charge is -2.23. The van der Waals surface area contributed by atoms with Crippen LogP contribution >= 0.6 is 0 Å². The summed E-state index contributed by atoms with van der Waals surface area (Å²) < 4.78 is 2.86. The summed E-state index contributed by atoms with van der Waals surface area (Å²) in [4.78, 5) is 38.9. The number of aromatic nitrogens is 3.